The van der Waals surface area contributed by atoms with Gasteiger partial charge in [-0.3, -0.25) is 4.55 Å². The number of benzene rings is 2. The Labute approximate surface area is 135 Å². The lowest BCUT2D eigenvalue weighted by Gasteiger charge is -1.96. The minimum Gasteiger partial charge on any atom is -1.00 e. The fourth-order valence-electron chi connectivity index (χ4n) is 1.89. The number of rotatable bonds is 2. The van der Waals surface area contributed by atoms with Gasteiger partial charge in [0, 0.05) is 10.0 Å². The number of aromatic amines is 1. The van der Waals surface area contributed by atoms with Crippen molar-refractivity contribution in [1.82, 2.24) is 9.97 Å². The Morgan fingerprint density at radius 2 is 1.76 bits per heavy atom. The molecule has 0 bridgehead atoms. The number of hydrogen-bond acceptors (Lipinski definition) is 3. The molecule has 0 fully saturated rings. The third kappa shape index (κ3) is 3.26. The Hall–Kier alpha value is -1.41. The molecule has 8 heteroatoms. The summed E-state index contributed by atoms with van der Waals surface area (Å²) in [6.07, 6.45) is 0. The molecule has 5 nitrogen and oxygen atoms in total. The molecular formula is C13H9BrClN2O3S-. The van der Waals surface area contributed by atoms with Crippen molar-refractivity contribution in [1.29, 1.82) is 0 Å². The van der Waals surface area contributed by atoms with Crippen molar-refractivity contribution in [3.63, 3.8) is 0 Å². The monoisotopic (exact) mass is 387 g/mol. The van der Waals surface area contributed by atoms with E-state index in [1.54, 1.807) is 6.07 Å². The van der Waals surface area contributed by atoms with Crippen LogP contribution >= 0.6 is 15.9 Å². The highest BCUT2D eigenvalue weighted by molar-refractivity contribution is 9.10. The van der Waals surface area contributed by atoms with Gasteiger partial charge < -0.3 is 17.4 Å². The van der Waals surface area contributed by atoms with Crippen molar-refractivity contribution in [3.05, 3.63) is 46.9 Å². The van der Waals surface area contributed by atoms with Gasteiger partial charge in [-0.05, 0) is 30.3 Å². The highest BCUT2D eigenvalue weighted by Crippen LogP contribution is 2.23. The van der Waals surface area contributed by atoms with Crippen LogP contribution in [-0.2, 0) is 10.1 Å². The van der Waals surface area contributed by atoms with Crippen molar-refractivity contribution in [2.75, 3.05) is 0 Å². The van der Waals surface area contributed by atoms with E-state index in [9.17, 15) is 8.42 Å². The second kappa shape index (κ2) is 5.76. The van der Waals surface area contributed by atoms with Gasteiger partial charge in [0.05, 0.1) is 15.9 Å². The van der Waals surface area contributed by atoms with E-state index in [0.29, 0.717) is 16.9 Å². The first-order chi connectivity index (χ1) is 9.43. The number of imidazole rings is 1. The summed E-state index contributed by atoms with van der Waals surface area (Å²) in [4.78, 5) is 7.27. The zero-order chi connectivity index (χ0) is 14.3. The fourth-order valence-corrected chi connectivity index (χ4v) is 2.66. The van der Waals surface area contributed by atoms with E-state index in [2.05, 4.69) is 25.9 Å². The maximum absolute atomic E-state index is 11.1. The Balaban J connectivity index is 0.00000161. The lowest BCUT2D eigenvalue weighted by atomic mass is 10.2. The van der Waals surface area contributed by atoms with E-state index in [-0.39, 0.29) is 17.3 Å². The second-order valence-electron chi connectivity index (χ2n) is 4.25. The highest BCUT2D eigenvalue weighted by Gasteiger charge is 2.12. The number of nitrogens with zero attached hydrogens (tertiary/aromatic N) is 1. The SMILES string of the molecule is O=S(=O)(O)c1ccc2nc(-c3ccc(Br)cc3)[nH]c2c1.[Cl-]. The lowest BCUT2D eigenvalue weighted by molar-refractivity contribution is -0.00000809. The number of fused-ring (bicyclic) bond motifs is 1. The van der Waals surface area contributed by atoms with Crippen LogP contribution in [0.3, 0.4) is 0 Å². The van der Waals surface area contributed by atoms with Crippen LogP contribution in [-0.4, -0.2) is 22.9 Å². The van der Waals surface area contributed by atoms with Crippen molar-refractivity contribution in [2.45, 2.75) is 4.90 Å². The predicted molar refractivity (Wildman–Crippen MR) is 79.0 cm³/mol. The van der Waals surface area contributed by atoms with Crippen LogP contribution in [0.15, 0.2) is 51.8 Å². The smallest absolute Gasteiger partial charge is 0.294 e. The van der Waals surface area contributed by atoms with E-state index < -0.39 is 10.1 Å². The zero-order valence-electron chi connectivity index (χ0n) is 10.4. The van der Waals surface area contributed by atoms with Gasteiger partial charge in [-0.15, -0.1) is 0 Å². The molecule has 0 aliphatic heterocycles. The number of aromatic nitrogens is 2. The van der Waals surface area contributed by atoms with Crippen LogP contribution in [0.1, 0.15) is 0 Å². The van der Waals surface area contributed by atoms with Gasteiger partial charge in [0.2, 0.25) is 0 Å². The van der Waals surface area contributed by atoms with Gasteiger partial charge in [-0.1, -0.05) is 28.1 Å². The van der Waals surface area contributed by atoms with Gasteiger partial charge in [-0.25, -0.2) is 4.98 Å². The molecule has 0 amide bonds. The molecule has 0 aliphatic rings. The van der Waals surface area contributed by atoms with E-state index in [0.717, 1.165) is 10.0 Å². The summed E-state index contributed by atoms with van der Waals surface area (Å²) in [5.41, 5.74) is 2.08. The summed E-state index contributed by atoms with van der Waals surface area (Å²) in [7, 11) is -4.21. The largest absolute Gasteiger partial charge is 1.00 e. The maximum Gasteiger partial charge on any atom is 0.294 e. The van der Waals surface area contributed by atoms with Crippen LogP contribution in [0.2, 0.25) is 0 Å². The quantitative estimate of drug-likeness (QED) is 0.616. The van der Waals surface area contributed by atoms with Gasteiger partial charge in [0.1, 0.15) is 5.82 Å². The van der Waals surface area contributed by atoms with Crippen LogP contribution in [0.5, 0.6) is 0 Å². The summed E-state index contributed by atoms with van der Waals surface area (Å²) < 4.78 is 32.2. The summed E-state index contributed by atoms with van der Waals surface area (Å²) in [5.74, 6) is 0.639. The molecule has 1 aromatic heterocycles. The van der Waals surface area contributed by atoms with E-state index in [1.165, 1.54) is 12.1 Å². The fraction of sp³-hybridized carbons (Fsp3) is 0. The first kappa shape index (κ1) is 16.0. The van der Waals surface area contributed by atoms with Gasteiger partial charge in [0.25, 0.3) is 10.1 Å². The number of nitrogens with one attached hydrogen (secondary N) is 1. The van der Waals surface area contributed by atoms with Crippen molar-refractivity contribution >= 4 is 37.1 Å². The molecule has 3 aromatic rings. The molecule has 0 radical (unpaired) electrons. The molecule has 2 N–H and O–H groups in total. The normalized spacial score (nSPS) is 11.3. The molecule has 110 valence electrons. The molecule has 0 spiro atoms. The first-order valence-electron chi connectivity index (χ1n) is 5.67. The molecule has 2 aromatic carbocycles. The van der Waals surface area contributed by atoms with E-state index in [1.807, 2.05) is 24.3 Å². The Morgan fingerprint density at radius 1 is 1.10 bits per heavy atom. The average molecular weight is 389 g/mol. The molecule has 0 aliphatic carbocycles. The minimum absolute atomic E-state index is 0. The Morgan fingerprint density at radius 3 is 2.38 bits per heavy atom. The van der Waals surface area contributed by atoms with Gasteiger partial charge in [-0.2, -0.15) is 8.42 Å². The van der Waals surface area contributed by atoms with Crippen LogP contribution in [0.25, 0.3) is 22.4 Å². The lowest BCUT2D eigenvalue weighted by Crippen LogP contribution is -3.00. The number of halogens is 2. The average Bonchev–Trinajstić information content (AvgIpc) is 2.81. The number of H-pyrrole nitrogens is 1. The minimum atomic E-state index is -4.21. The highest BCUT2D eigenvalue weighted by atomic mass is 79.9. The third-order valence-electron chi connectivity index (χ3n) is 2.87. The predicted octanol–water partition coefficient (Wildman–Crippen LogP) is 0.243. The summed E-state index contributed by atoms with van der Waals surface area (Å²) in [6.45, 7) is 0. The number of hydrogen-bond donors (Lipinski definition) is 2. The molecule has 0 atom stereocenters. The maximum atomic E-state index is 11.1. The molecule has 1 heterocycles. The third-order valence-corrected chi connectivity index (χ3v) is 4.25. The summed E-state index contributed by atoms with van der Waals surface area (Å²) >= 11 is 3.36. The van der Waals surface area contributed by atoms with Crippen LogP contribution < -0.4 is 12.4 Å². The van der Waals surface area contributed by atoms with Crippen LogP contribution in [0.4, 0.5) is 0 Å². The topological polar surface area (TPSA) is 83.1 Å². The molecule has 0 saturated carbocycles. The molecule has 0 saturated heterocycles. The van der Waals surface area contributed by atoms with Crippen molar-refractivity contribution < 1.29 is 25.4 Å². The van der Waals surface area contributed by atoms with Crippen molar-refractivity contribution in [3.8, 4) is 11.4 Å². The standard InChI is InChI=1S/C13H9BrN2O3S.ClH/c14-9-3-1-8(2-4-9)13-15-11-6-5-10(20(17,18)19)7-12(11)16-13;/h1-7H,(H,15,16)(H,17,18,19);1H/p-1. The molecule has 21 heavy (non-hydrogen) atoms. The summed E-state index contributed by atoms with van der Waals surface area (Å²) in [6, 6.07) is 11.8. The van der Waals surface area contributed by atoms with Crippen molar-refractivity contribution in [2.24, 2.45) is 0 Å². The Kier molecular flexibility index (Phi) is 4.38. The Bertz CT molecular complexity index is 891. The molecule has 0 unspecified atom stereocenters. The van der Waals surface area contributed by atoms with Gasteiger partial charge in [0.15, 0.2) is 0 Å². The van der Waals surface area contributed by atoms with Gasteiger partial charge >= 0.3 is 0 Å². The van der Waals surface area contributed by atoms with E-state index in [4.69, 9.17) is 4.55 Å². The summed E-state index contributed by atoms with van der Waals surface area (Å²) in [5, 5.41) is 0. The second-order valence-corrected chi connectivity index (χ2v) is 6.58. The molecular weight excluding hydrogens is 380 g/mol. The van der Waals surface area contributed by atoms with E-state index >= 15 is 0 Å². The first-order valence-corrected chi connectivity index (χ1v) is 7.90. The van der Waals surface area contributed by atoms with Crippen LogP contribution in [0, 0.1) is 0 Å². The molecule has 3 rings (SSSR count). The zero-order valence-corrected chi connectivity index (χ0v) is 13.6.